The first-order chi connectivity index (χ1) is 15.6. The molecule has 1 saturated heterocycles. The normalized spacial score (nSPS) is 22.4. The van der Waals surface area contributed by atoms with Gasteiger partial charge in [0, 0.05) is 43.4 Å². The number of fused-ring (bicyclic) bond motifs is 3. The molecule has 6 rings (SSSR count). The fraction of sp³-hybridized carbons (Fsp3) is 0.333. The summed E-state index contributed by atoms with van der Waals surface area (Å²) in [7, 11) is 0. The predicted molar refractivity (Wildman–Crippen MR) is 127 cm³/mol. The van der Waals surface area contributed by atoms with Gasteiger partial charge in [-0.05, 0) is 43.5 Å². The predicted octanol–water partition coefficient (Wildman–Crippen LogP) is 4.41. The number of aliphatic hydroxyl groups is 1. The fourth-order valence-corrected chi connectivity index (χ4v) is 5.87. The molecule has 8 heteroatoms. The zero-order valence-electron chi connectivity index (χ0n) is 17.8. The molecule has 0 spiro atoms. The Morgan fingerprint density at radius 3 is 2.69 bits per heavy atom. The number of hydrogen-bond donors (Lipinski definition) is 2. The van der Waals surface area contributed by atoms with Gasteiger partial charge in [-0.3, -0.25) is 4.98 Å². The van der Waals surface area contributed by atoms with Crippen LogP contribution in [0.5, 0.6) is 0 Å². The summed E-state index contributed by atoms with van der Waals surface area (Å²) in [6, 6.07) is 12.0. The molecule has 1 aliphatic carbocycles. The third kappa shape index (κ3) is 3.49. The molecule has 2 N–H and O–H groups in total. The van der Waals surface area contributed by atoms with Crippen LogP contribution in [0.2, 0.25) is 0 Å². The number of pyridine rings is 3. The van der Waals surface area contributed by atoms with E-state index in [0.717, 1.165) is 64.0 Å². The number of anilines is 3. The average Bonchev–Trinajstić information content (AvgIpc) is 3.28. The van der Waals surface area contributed by atoms with Gasteiger partial charge >= 0.3 is 0 Å². The van der Waals surface area contributed by atoms with Crippen molar-refractivity contribution in [1.82, 2.24) is 19.9 Å². The number of aryl methyl sites for hydroxylation is 1. The summed E-state index contributed by atoms with van der Waals surface area (Å²) in [6.45, 7) is 3.78. The van der Waals surface area contributed by atoms with Gasteiger partial charge in [-0.1, -0.05) is 12.1 Å². The summed E-state index contributed by atoms with van der Waals surface area (Å²) in [5.74, 6) is 3.13. The zero-order chi connectivity index (χ0) is 21.7. The number of hydrogen-bond acceptors (Lipinski definition) is 8. The first-order valence-corrected chi connectivity index (χ1v) is 11.8. The number of aliphatic hydroxyl groups excluding tert-OH is 1. The molecule has 1 saturated carbocycles. The number of nitrogens with zero attached hydrogens (tertiary/aromatic N) is 5. The van der Waals surface area contributed by atoms with E-state index >= 15 is 0 Å². The van der Waals surface area contributed by atoms with E-state index in [1.54, 1.807) is 17.5 Å². The van der Waals surface area contributed by atoms with Crippen molar-refractivity contribution in [3.05, 3.63) is 54.4 Å². The highest BCUT2D eigenvalue weighted by Crippen LogP contribution is 2.38. The lowest BCUT2D eigenvalue weighted by atomic mass is 9.95. The third-order valence-electron chi connectivity index (χ3n) is 6.59. The second-order valence-electron chi connectivity index (χ2n) is 8.72. The van der Waals surface area contributed by atoms with Crippen LogP contribution in [-0.2, 0) is 0 Å². The van der Waals surface area contributed by atoms with Gasteiger partial charge in [0.15, 0.2) is 0 Å². The number of thiazole rings is 1. The molecule has 162 valence electrons. The van der Waals surface area contributed by atoms with Gasteiger partial charge in [-0.15, -0.1) is 11.3 Å². The van der Waals surface area contributed by atoms with Gasteiger partial charge in [-0.2, -0.15) is 0 Å². The molecule has 4 aromatic rings. The lowest BCUT2D eigenvalue weighted by Crippen LogP contribution is -2.45. The highest BCUT2D eigenvalue weighted by atomic mass is 32.1. The van der Waals surface area contributed by atoms with E-state index in [-0.39, 0.29) is 6.10 Å². The monoisotopic (exact) mass is 444 g/mol. The molecule has 4 aromatic heterocycles. The van der Waals surface area contributed by atoms with Gasteiger partial charge in [-0.25, -0.2) is 15.0 Å². The van der Waals surface area contributed by atoms with E-state index in [2.05, 4.69) is 20.2 Å². The first kappa shape index (κ1) is 19.6. The van der Waals surface area contributed by atoms with Crippen LogP contribution in [0.3, 0.4) is 0 Å². The van der Waals surface area contributed by atoms with Crippen molar-refractivity contribution in [2.24, 2.45) is 11.8 Å². The maximum absolute atomic E-state index is 10.3. The number of rotatable bonds is 4. The van der Waals surface area contributed by atoms with Crippen LogP contribution in [0, 0.1) is 18.8 Å². The van der Waals surface area contributed by atoms with Gasteiger partial charge in [0.1, 0.15) is 28.2 Å². The van der Waals surface area contributed by atoms with Crippen molar-refractivity contribution in [3.8, 4) is 10.7 Å². The molecule has 2 bridgehead atoms. The Bertz CT molecular complexity index is 1280. The zero-order valence-corrected chi connectivity index (χ0v) is 18.6. The van der Waals surface area contributed by atoms with Crippen molar-refractivity contribution in [2.75, 3.05) is 23.3 Å². The Kier molecular flexibility index (Phi) is 4.77. The van der Waals surface area contributed by atoms with Crippen LogP contribution in [0.25, 0.3) is 20.9 Å². The maximum atomic E-state index is 10.3. The van der Waals surface area contributed by atoms with Crippen molar-refractivity contribution >= 4 is 39.0 Å². The molecule has 0 aromatic carbocycles. The summed E-state index contributed by atoms with van der Waals surface area (Å²) in [6.07, 6.45) is 5.72. The molecule has 1 aliphatic heterocycles. The molecule has 0 amide bonds. The SMILES string of the molecule is Cc1cccnc1-c1nc2cc(Nc3cccc(N4C[C@H]5CC[C@@H](C4)C5O)n3)ncc2s1. The Hall–Kier alpha value is -3.10. The summed E-state index contributed by atoms with van der Waals surface area (Å²) in [5.41, 5.74) is 2.92. The standard InChI is InChI=1S/C24H24N6OS/c1-14-4-3-9-25-22(14)24-27-17-10-20(26-11-18(17)32-24)28-19-5-2-6-21(29-19)30-12-15-7-8-16(13-30)23(15)31/h2-6,9-11,15-16,23,31H,7-8,12-13H2,1H3,(H,26,28,29)/t15-,16+,23?. The molecular formula is C24H24N6OS. The lowest BCUT2D eigenvalue weighted by molar-refractivity contribution is 0.0791. The molecule has 2 aliphatic rings. The van der Waals surface area contributed by atoms with Gasteiger partial charge in [0.2, 0.25) is 0 Å². The molecule has 3 atom stereocenters. The van der Waals surface area contributed by atoms with Crippen LogP contribution >= 0.6 is 11.3 Å². The second-order valence-corrected chi connectivity index (χ2v) is 9.75. The van der Waals surface area contributed by atoms with Crippen molar-refractivity contribution in [2.45, 2.75) is 25.9 Å². The fourth-order valence-electron chi connectivity index (χ4n) is 4.89. The summed E-state index contributed by atoms with van der Waals surface area (Å²) < 4.78 is 1.03. The highest BCUT2D eigenvalue weighted by molar-refractivity contribution is 7.21. The molecule has 0 radical (unpaired) electrons. The molecular weight excluding hydrogens is 420 g/mol. The highest BCUT2D eigenvalue weighted by Gasteiger charge is 2.41. The van der Waals surface area contributed by atoms with E-state index in [9.17, 15) is 5.11 Å². The third-order valence-corrected chi connectivity index (χ3v) is 7.60. The topological polar surface area (TPSA) is 87.1 Å². The molecule has 7 nitrogen and oxygen atoms in total. The molecule has 32 heavy (non-hydrogen) atoms. The molecule has 2 fully saturated rings. The number of aromatic nitrogens is 4. The summed E-state index contributed by atoms with van der Waals surface area (Å²) >= 11 is 1.60. The molecule has 5 heterocycles. The second kappa shape index (κ2) is 7.79. The van der Waals surface area contributed by atoms with Crippen molar-refractivity contribution in [3.63, 3.8) is 0 Å². The van der Waals surface area contributed by atoms with Gasteiger partial charge in [0.25, 0.3) is 0 Å². The molecule has 1 unspecified atom stereocenters. The first-order valence-electron chi connectivity index (χ1n) is 11.0. The van der Waals surface area contributed by atoms with Gasteiger partial charge in [0.05, 0.1) is 16.3 Å². The Labute approximate surface area is 190 Å². The largest absolute Gasteiger partial charge is 0.392 e. The van der Waals surface area contributed by atoms with Crippen LogP contribution in [0.15, 0.2) is 48.8 Å². The maximum Gasteiger partial charge on any atom is 0.143 e. The summed E-state index contributed by atoms with van der Waals surface area (Å²) in [5, 5.41) is 14.6. The van der Waals surface area contributed by atoms with E-state index in [1.165, 1.54) is 0 Å². The Morgan fingerprint density at radius 1 is 1.03 bits per heavy atom. The van der Waals surface area contributed by atoms with Crippen molar-refractivity contribution in [1.29, 1.82) is 0 Å². The van der Waals surface area contributed by atoms with E-state index in [4.69, 9.17) is 9.97 Å². The Morgan fingerprint density at radius 2 is 1.88 bits per heavy atom. The number of nitrogens with one attached hydrogen (secondary N) is 1. The number of piperidine rings is 1. The summed E-state index contributed by atoms with van der Waals surface area (Å²) in [4.78, 5) is 21.0. The minimum Gasteiger partial charge on any atom is -0.392 e. The minimum absolute atomic E-state index is 0.152. The lowest BCUT2D eigenvalue weighted by Gasteiger charge is -2.36. The van der Waals surface area contributed by atoms with Crippen LogP contribution in [0.1, 0.15) is 18.4 Å². The quantitative estimate of drug-likeness (QED) is 0.482. The average molecular weight is 445 g/mol. The smallest absolute Gasteiger partial charge is 0.143 e. The van der Waals surface area contributed by atoms with Crippen molar-refractivity contribution < 1.29 is 5.11 Å². The van der Waals surface area contributed by atoms with Crippen LogP contribution in [-0.4, -0.2) is 44.2 Å². The Balaban J connectivity index is 1.24. The van der Waals surface area contributed by atoms with E-state index in [1.807, 2.05) is 49.5 Å². The van der Waals surface area contributed by atoms with E-state index in [0.29, 0.717) is 17.7 Å². The van der Waals surface area contributed by atoms with Gasteiger partial charge < -0.3 is 15.3 Å². The van der Waals surface area contributed by atoms with Crippen LogP contribution < -0.4 is 10.2 Å². The van der Waals surface area contributed by atoms with E-state index < -0.39 is 0 Å². The minimum atomic E-state index is -0.152. The van der Waals surface area contributed by atoms with Crippen LogP contribution in [0.4, 0.5) is 17.5 Å².